The summed E-state index contributed by atoms with van der Waals surface area (Å²) in [6, 6.07) is 0. The van der Waals surface area contributed by atoms with Crippen molar-refractivity contribution in [1.29, 1.82) is 0 Å². The maximum atomic E-state index is 5.41. The molecule has 0 amide bonds. The van der Waals surface area contributed by atoms with Crippen LogP contribution in [0.5, 0.6) is 0 Å². The molecule has 0 fully saturated rings. The van der Waals surface area contributed by atoms with E-state index in [1.54, 1.807) is 0 Å². The average Bonchev–Trinajstić information content (AvgIpc) is 2.06. The van der Waals surface area contributed by atoms with Gasteiger partial charge in [-0.3, -0.25) is 0 Å². The van der Waals surface area contributed by atoms with E-state index in [1.807, 2.05) is 27.7 Å². The molecule has 0 spiro atoms. The molecule has 0 saturated carbocycles. The fraction of sp³-hybridized carbons (Fsp3) is 1.00. The normalized spacial score (nSPS) is 13.2. The SMILES string of the molecule is CC[O][Fe]([O]CC)([O]CC)[O]CC. The second-order valence-corrected chi connectivity index (χ2v) is 4.30. The molecule has 0 aliphatic carbocycles. The van der Waals surface area contributed by atoms with Gasteiger partial charge in [0.2, 0.25) is 0 Å². The molecule has 0 rings (SSSR count). The topological polar surface area (TPSA) is 36.9 Å². The second-order valence-electron chi connectivity index (χ2n) is 1.92. The van der Waals surface area contributed by atoms with Crippen LogP contribution < -0.4 is 0 Å². The third-order valence-electron chi connectivity index (χ3n) is 0.908. The fourth-order valence-electron chi connectivity index (χ4n) is 0.677. The van der Waals surface area contributed by atoms with Crippen molar-refractivity contribution in [3.8, 4) is 0 Å². The van der Waals surface area contributed by atoms with Crippen molar-refractivity contribution in [3.63, 3.8) is 0 Å². The molecular weight excluding hydrogens is 216 g/mol. The zero-order valence-electron chi connectivity index (χ0n) is 8.81. The Morgan fingerprint density at radius 3 is 1.00 bits per heavy atom. The number of hydrogen-bond donors (Lipinski definition) is 0. The first kappa shape index (κ1) is 13.4. The summed E-state index contributed by atoms with van der Waals surface area (Å²) in [4.78, 5) is 0. The minimum absolute atomic E-state index is 0.542. The van der Waals surface area contributed by atoms with Gasteiger partial charge in [-0.15, -0.1) is 0 Å². The van der Waals surface area contributed by atoms with E-state index in [0.29, 0.717) is 26.4 Å². The number of hydrogen-bond acceptors (Lipinski definition) is 4. The summed E-state index contributed by atoms with van der Waals surface area (Å²) in [5.41, 5.74) is 0. The van der Waals surface area contributed by atoms with Crippen LogP contribution in [0.1, 0.15) is 27.7 Å². The molecule has 0 aromatic rings. The van der Waals surface area contributed by atoms with E-state index in [0.717, 1.165) is 0 Å². The van der Waals surface area contributed by atoms with Crippen LogP contribution in [0.3, 0.4) is 0 Å². The Bertz CT molecular complexity index is 91.2. The van der Waals surface area contributed by atoms with Gasteiger partial charge in [0.05, 0.1) is 0 Å². The summed E-state index contributed by atoms with van der Waals surface area (Å²) in [6.07, 6.45) is 0. The first-order valence-electron chi connectivity index (χ1n) is 4.56. The summed E-state index contributed by atoms with van der Waals surface area (Å²) in [6.45, 7) is 9.76. The summed E-state index contributed by atoms with van der Waals surface area (Å²) >= 11 is -2.65. The predicted molar refractivity (Wildman–Crippen MR) is 46.5 cm³/mol. The molecule has 84 valence electrons. The molecule has 0 bridgehead atoms. The van der Waals surface area contributed by atoms with E-state index in [9.17, 15) is 0 Å². The van der Waals surface area contributed by atoms with Gasteiger partial charge in [0.1, 0.15) is 0 Å². The van der Waals surface area contributed by atoms with Gasteiger partial charge >= 0.3 is 83.6 Å². The van der Waals surface area contributed by atoms with Crippen molar-refractivity contribution < 1.29 is 29.4 Å². The molecule has 0 radical (unpaired) electrons. The van der Waals surface area contributed by atoms with E-state index in [2.05, 4.69) is 0 Å². The Morgan fingerprint density at radius 2 is 0.846 bits per heavy atom. The van der Waals surface area contributed by atoms with Crippen LogP contribution in [0.15, 0.2) is 0 Å². The van der Waals surface area contributed by atoms with Gasteiger partial charge in [0.15, 0.2) is 0 Å². The molecule has 13 heavy (non-hydrogen) atoms. The van der Waals surface area contributed by atoms with Gasteiger partial charge in [0.25, 0.3) is 0 Å². The number of rotatable bonds is 8. The monoisotopic (exact) mass is 236 g/mol. The molecular formula is C8H20FeO4. The van der Waals surface area contributed by atoms with Crippen LogP contribution >= 0.6 is 0 Å². The Kier molecular flexibility index (Phi) is 7.95. The van der Waals surface area contributed by atoms with Gasteiger partial charge in [-0.1, -0.05) is 0 Å². The molecule has 0 saturated heterocycles. The van der Waals surface area contributed by atoms with Crippen molar-refractivity contribution in [1.82, 2.24) is 0 Å². The Morgan fingerprint density at radius 1 is 0.615 bits per heavy atom. The van der Waals surface area contributed by atoms with Crippen molar-refractivity contribution in [2.24, 2.45) is 0 Å². The van der Waals surface area contributed by atoms with Crippen LogP contribution in [0.4, 0.5) is 0 Å². The van der Waals surface area contributed by atoms with E-state index in [-0.39, 0.29) is 0 Å². The average molecular weight is 236 g/mol. The summed E-state index contributed by atoms with van der Waals surface area (Å²) in [5, 5.41) is 0. The Hall–Kier alpha value is 0.359. The first-order chi connectivity index (χ1) is 6.24. The van der Waals surface area contributed by atoms with Crippen molar-refractivity contribution in [2.45, 2.75) is 27.7 Å². The van der Waals surface area contributed by atoms with Crippen molar-refractivity contribution >= 4 is 0 Å². The molecule has 5 heteroatoms. The summed E-state index contributed by atoms with van der Waals surface area (Å²) in [5.74, 6) is 0. The van der Waals surface area contributed by atoms with Crippen LogP contribution in [0.25, 0.3) is 0 Å². The van der Waals surface area contributed by atoms with Gasteiger partial charge < -0.3 is 0 Å². The third kappa shape index (κ3) is 4.96. The molecule has 0 atom stereocenters. The van der Waals surface area contributed by atoms with E-state index >= 15 is 0 Å². The van der Waals surface area contributed by atoms with Crippen LogP contribution in [0, 0.1) is 0 Å². The molecule has 4 nitrogen and oxygen atoms in total. The third-order valence-corrected chi connectivity index (χ3v) is 3.74. The summed E-state index contributed by atoms with van der Waals surface area (Å²) in [7, 11) is 0. The standard InChI is InChI=1S/4C2H5O.Fe/c4*1-2-3;/h4*2H2,1H3;/q4*-1;+4. The zero-order valence-corrected chi connectivity index (χ0v) is 9.92. The van der Waals surface area contributed by atoms with E-state index < -0.39 is 14.2 Å². The Labute approximate surface area is 84.0 Å². The van der Waals surface area contributed by atoms with E-state index in [1.165, 1.54) is 0 Å². The molecule has 0 N–H and O–H groups in total. The second kappa shape index (κ2) is 7.73. The predicted octanol–water partition coefficient (Wildman–Crippen LogP) is 1.95. The molecule has 0 heterocycles. The molecule has 0 aliphatic rings. The molecule has 0 unspecified atom stereocenters. The van der Waals surface area contributed by atoms with Crippen LogP contribution in [-0.2, 0) is 29.4 Å². The molecule has 0 aromatic heterocycles. The maximum absolute atomic E-state index is 5.41. The van der Waals surface area contributed by atoms with Crippen LogP contribution in [0.2, 0.25) is 0 Å². The molecule has 0 aromatic carbocycles. The van der Waals surface area contributed by atoms with Crippen molar-refractivity contribution in [2.75, 3.05) is 26.4 Å². The fourth-order valence-corrected chi connectivity index (χ4v) is 2.79. The van der Waals surface area contributed by atoms with Gasteiger partial charge in [0, 0.05) is 0 Å². The summed E-state index contributed by atoms with van der Waals surface area (Å²) < 4.78 is 21.6. The first-order valence-corrected chi connectivity index (χ1v) is 6.36. The quantitative estimate of drug-likeness (QED) is 0.603. The van der Waals surface area contributed by atoms with E-state index in [4.69, 9.17) is 15.3 Å². The minimum atomic E-state index is -2.65. The zero-order chi connectivity index (χ0) is 10.2. The van der Waals surface area contributed by atoms with Crippen molar-refractivity contribution in [3.05, 3.63) is 0 Å². The Balaban J connectivity index is 4.19. The molecule has 0 aliphatic heterocycles. The van der Waals surface area contributed by atoms with Gasteiger partial charge in [-0.2, -0.15) is 0 Å². The van der Waals surface area contributed by atoms with Gasteiger partial charge in [-0.05, 0) is 0 Å². The van der Waals surface area contributed by atoms with Crippen LogP contribution in [-0.4, -0.2) is 26.4 Å². The van der Waals surface area contributed by atoms with Gasteiger partial charge in [-0.25, -0.2) is 0 Å².